The van der Waals surface area contributed by atoms with Crippen LogP contribution >= 0.6 is 11.6 Å². The third-order valence-electron chi connectivity index (χ3n) is 3.42. The van der Waals surface area contributed by atoms with Gasteiger partial charge >= 0.3 is 5.97 Å². The Bertz CT molecular complexity index is 717. The Kier molecular flexibility index (Phi) is 3.06. The third kappa shape index (κ3) is 2.20. The Balaban J connectivity index is 1.87. The number of aliphatic carboxylic acids is 1. The van der Waals surface area contributed by atoms with Crippen molar-refractivity contribution in [2.75, 3.05) is 5.32 Å². The van der Waals surface area contributed by atoms with Crippen molar-refractivity contribution >= 4 is 40.1 Å². The van der Waals surface area contributed by atoms with Crippen LogP contribution in [0.15, 0.2) is 30.5 Å². The van der Waals surface area contributed by atoms with Gasteiger partial charge in [0.15, 0.2) is 0 Å². The summed E-state index contributed by atoms with van der Waals surface area (Å²) >= 11 is 6.05. The van der Waals surface area contributed by atoms with Crippen LogP contribution in [0.5, 0.6) is 0 Å². The number of benzene rings is 1. The second kappa shape index (κ2) is 4.76. The van der Waals surface area contributed by atoms with Crippen LogP contribution in [0.25, 0.3) is 10.9 Å². The van der Waals surface area contributed by atoms with Crippen molar-refractivity contribution in [3.8, 4) is 0 Å². The van der Waals surface area contributed by atoms with E-state index in [2.05, 4.69) is 10.3 Å². The maximum absolute atomic E-state index is 12.0. The third-order valence-corrected chi connectivity index (χ3v) is 3.73. The predicted octanol–water partition coefficient (Wildman–Crippen LogP) is 2.55. The smallest absolute Gasteiger partial charge is 0.307 e. The molecular weight excluding hydrogens is 280 g/mol. The Morgan fingerprint density at radius 1 is 1.30 bits per heavy atom. The lowest BCUT2D eigenvalue weighted by Gasteiger charge is -2.09. The van der Waals surface area contributed by atoms with E-state index in [4.69, 9.17) is 16.7 Å². The highest BCUT2D eigenvalue weighted by atomic mass is 35.5. The van der Waals surface area contributed by atoms with Gasteiger partial charge in [0.1, 0.15) is 0 Å². The number of nitrogens with zero attached hydrogens (tertiary/aromatic N) is 1. The van der Waals surface area contributed by atoms with E-state index in [9.17, 15) is 9.59 Å². The summed E-state index contributed by atoms with van der Waals surface area (Å²) in [4.78, 5) is 26.9. The largest absolute Gasteiger partial charge is 0.481 e. The molecular formula is C14H11ClN2O3. The molecule has 1 heterocycles. The Morgan fingerprint density at radius 2 is 2.10 bits per heavy atom. The zero-order valence-corrected chi connectivity index (χ0v) is 11.1. The van der Waals surface area contributed by atoms with Gasteiger partial charge in [0.05, 0.1) is 28.1 Å². The molecule has 0 aliphatic heterocycles. The lowest BCUT2D eigenvalue weighted by atomic mass is 10.1. The average molecular weight is 291 g/mol. The number of carbonyl (C=O) groups is 2. The van der Waals surface area contributed by atoms with Crippen molar-refractivity contribution in [2.24, 2.45) is 11.8 Å². The second-order valence-electron chi connectivity index (χ2n) is 4.77. The van der Waals surface area contributed by atoms with Crippen LogP contribution in [-0.2, 0) is 9.59 Å². The van der Waals surface area contributed by atoms with Crippen molar-refractivity contribution in [1.29, 1.82) is 0 Å². The van der Waals surface area contributed by atoms with Gasteiger partial charge in [-0.3, -0.25) is 14.6 Å². The summed E-state index contributed by atoms with van der Waals surface area (Å²) in [5.74, 6) is -2.21. The first-order valence-electron chi connectivity index (χ1n) is 6.15. The van der Waals surface area contributed by atoms with Crippen LogP contribution in [0.4, 0.5) is 5.69 Å². The first-order valence-corrected chi connectivity index (χ1v) is 6.52. The Morgan fingerprint density at radius 3 is 2.80 bits per heavy atom. The first kappa shape index (κ1) is 12.9. The Hall–Kier alpha value is -2.14. The number of halogens is 1. The lowest BCUT2D eigenvalue weighted by Crippen LogP contribution is -2.17. The van der Waals surface area contributed by atoms with E-state index < -0.39 is 17.8 Å². The minimum absolute atomic E-state index is 0.273. The van der Waals surface area contributed by atoms with Gasteiger partial charge in [-0.25, -0.2) is 0 Å². The lowest BCUT2D eigenvalue weighted by molar-refractivity contribution is -0.139. The zero-order chi connectivity index (χ0) is 14.3. The van der Waals surface area contributed by atoms with E-state index in [0.29, 0.717) is 22.6 Å². The molecule has 1 aliphatic rings. The summed E-state index contributed by atoms with van der Waals surface area (Å²) in [5, 5.41) is 12.8. The number of anilines is 1. The van der Waals surface area contributed by atoms with Gasteiger partial charge in [-0.2, -0.15) is 0 Å². The molecule has 3 rings (SSSR count). The number of aromatic nitrogens is 1. The molecule has 1 aliphatic carbocycles. The van der Waals surface area contributed by atoms with Gasteiger partial charge in [0.2, 0.25) is 5.91 Å². The van der Waals surface area contributed by atoms with Crippen LogP contribution in [0.2, 0.25) is 5.02 Å². The molecule has 1 aromatic carbocycles. The number of hydrogen-bond donors (Lipinski definition) is 2. The van der Waals surface area contributed by atoms with Gasteiger partial charge in [-0.05, 0) is 30.7 Å². The summed E-state index contributed by atoms with van der Waals surface area (Å²) in [6, 6.07) is 6.92. The maximum Gasteiger partial charge on any atom is 0.307 e. The molecule has 0 radical (unpaired) electrons. The number of carboxylic acid groups (broad SMARTS) is 1. The molecule has 20 heavy (non-hydrogen) atoms. The number of fused-ring (bicyclic) bond motifs is 1. The summed E-state index contributed by atoms with van der Waals surface area (Å²) in [6.07, 6.45) is 2.02. The van der Waals surface area contributed by atoms with Gasteiger partial charge in [0, 0.05) is 11.6 Å². The molecule has 2 atom stereocenters. The molecule has 0 spiro atoms. The van der Waals surface area contributed by atoms with E-state index in [0.717, 1.165) is 5.39 Å². The second-order valence-corrected chi connectivity index (χ2v) is 5.18. The fraction of sp³-hybridized carbons (Fsp3) is 0.214. The number of pyridine rings is 1. The minimum atomic E-state index is -0.923. The van der Waals surface area contributed by atoms with E-state index in [-0.39, 0.29) is 5.91 Å². The standard InChI is InChI=1S/C14H11ClN2O3/c15-10-3-4-11(7-2-1-5-16-12(7)10)17-13(18)8-6-9(8)14(19)20/h1-5,8-9H,6H2,(H,17,18)(H,19,20)/t8-,9+/m1/s1. The molecule has 0 bridgehead atoms. The number of hydrogen-bond acceptors (Lipinski definition) is 3. The molecule has 1 saturated carbocycles. The molecule has 1 aromatic heterocycles. The summed E-state index contributed by atoms with van der Waals surface area (Å²) in [6.45, 7) is 0. The van der Waals surface area contributed by atoms with Crippen molar-refractivity contribution in [3.05, 3.63) is 35.5 Å². The van der Waals surface area contributed by atoms with E-state index in [1.165, 1.54) is 0 Å². The quantitative estimate of drug-likeness (QED) is 0.910. The summed E-state index contributed by atoms with van der Waals surface area (Å²) in [5.41, 5.74) is 1.20. The molecule has 1 amide bonds. The fourth-order valence-corrected chi connectivity index (χ4v) is 2.44. The van der Waals surface area contributed by atoms with Crippen molar-refractivity contribution in [3.63, 3.8) is 0 Å². The van der Waals surface area contributed by atoms with Gasteiger partial charge in [-0.15, -0.1) is 0 Å². The monoisotopic (exact) mass is 290 g/mol. The number of nitrogens with one attached hydrogen (secondary N) is 1. The number of carboxylic acids is 1. The Labute approximate surface area is 119 Å². The van der Waals surface area contributed by atoms with Crippen molar-refractivity contribution in [1.82, 2.24) is 4.98 Å². The number of carbonyl (C=O) groups excluding carboxylic acids is 1. The summed E-state index contributed by atoms with van der Waals surface area (Å²) in [7, 11) is 0. The van der Waals surface area contributed by atoms with E-state index in [1.54, 1.807) is 24.4 Å². The molecule has 2 aromatic rings. The number of amides is 1. The molecule has 2 N–H and O–H groups in total. The van der Waals surface area contributed by atoms with E-state index >= 15 is 0 Å². The normalized spacial score (nSPS) is 20.6. The number of rotatable bonds is 3. The van der Waals surface area contributed by atoms with Crippen LogP contribution in [0.3, 0.4) is 0 Å². The topological polar surface area (TPSA) is 79.3 Å². The van der Waals surface area contributed by atoms with Gasteiger partial charge < -0.3 is 10.4 Å². The molecule has 1 fully saturated rings. The zero-order valence-electron chi connectivity index (χ0n) is 10.3. The van der Waals surface area contributed by atoms with Gasteiger partial charge in [-0.1, -0.05) is 11.6 Å². The molecule has 0 saturated heterocycles. The first-order chi connectivity index (χ1) is 9.58. The average Bonchev–Trinajstić information content (AvgIpc) is 3.23. The fourth-order valence-electron chi connectivity index (χ4n) is 2.23. The highest BCUT2D eigenvalue weighted by Gasteiger charge is 2.48. The van der Waals surface area contributed by atoms with Crippen LogP contribution in [0.1, 0.15) is 6.42 Å². The maximum atomic E-state index is 12.0. The molecule has 102 valence electrons. The van der Waals surface area contributed by atoms with Crippen molar-refractivity contribution in [2.45, 2.75) is 6.42 Å². The van der Waals surface area contributed by atoms with Crippen molar-refractivity contribution < 1.29 is 14.7 Å². The minimum Gasteiger partial charge on any atom is -0.481 e. The van der Waals surface area contributed by atoms with Crippen LogP contribution in [-0.4, -0.2) is 22.0 Å². The molecule has 5 nitrogen and oxygen atoms in total. The van der Waals surface area contributed by atoms with Gasteiger partial charge in [0.25, 0.3) is 0 Å². The highest BCUT2D eigenvalue weighted by Crippen LogP contribution is 2.40. The van der Waals surface area contributed by atoms with Crippen LogP contribution in [0, 0.1) is 11.8 Å². The van der Waals surface area contributed by atoms with E-state index in [1.807, 2.05) is 6.07 Å². The summed E-state index contributed by atoms with van der Waals surface area (Å²) < 4.78 is 0. The molecule has 0 unspecified atom stereocenters. The predicted molar refractivity (Wildman–Crippen MR) is 74.6 cm³/mol. The molecule has 6 heteroatoms. The SMILES string of the molecule is O=C(O)[C@H]1C[C@H]1C(=O)Nc1ccc(Cl)c2ncccc12. The highest BCUT2D eigenvalue weighted by molar-refractivity contribution is 6.35. The van der Waals surface area contributed by atoms with Crippen LogP contribution < -0.4 is 5.32 Å².